The molecular formula is C17H24F2N2O2. The van der Waals surface area contributed by atoms with Gasteiger partial charge >= 0.3 is 6.03 Å². The highest BCUT2D eigenvalue weighted by Crippen LogP contribution is 2.22. The van der Waals surface area contributed by atoms with Crippen molar-refractivity contribution in [2.45, 2.75) is 26.2 Å². The molecule has 6 heteroatoms. The van der Waals surface area contributed by atoms with E-state index in [4.69, 9.17) is 0 Å². The zero-order valence-corrected chi connectivity index (χ0v) is 13.4. The third-order valence-electron chi connectivity index (χ3n) is 4.44. The molecule has 2 atom stereocenters. The minimum absolute atomic E-state index is 0.0966. The molecule has 128 valence electrons. The Hall–Kier alpha value is -1.69. The zero-order chi connectivity index (χ0) is 16.8. The second-order valence-corrected chi connectivity index (χ2v) is 6.26. The number of hydrogen-bond acceptors (Lipinski definition) is 2. The minimum atomic E-state index is -0.831. The monoisotopic (exact) mass is 326 g/mol. The molecule has 2 amide bonds. The summed E-state index contributed by atoms with van der Waals surface area (Å²) in [6.07, 6.45) is 2.22. The molecule has 0 aliphatic carbocycles. The molecule has 23 heavy (non-hydrogen) atoms. The van der Waals surface area contributed by atoms with Gasteiger partial charge in [-0.2, -0.15) is 0 Å². The molecule has 1 aliphatic rings. The van der Waals surface area contributed by atoms with Gasteiger partial charge in [0, 0.05) is 32.2 Å². The summed E-state index contributed by atoms with van der Waals surface area (Å²) in [5, 5.41) is 12.1. The molecule has 0 aromatic heterocycles. The van der Waals surface area contributed by atoms with Crippen molar-refractivity contribution in [3.05, 3.63) is 35.4 Å². The van der Waals surface area contributed by atoms with Crippen LogP contribution in [-0.4, -0.2) is 42.3 Å². The normalized spacial score (nSPS) is 20.8. The fourth-order valence-corrected chi connectivity index (χ4v) is 2.89. The Morgan fingerprint density at radius 2 is 2.09 bits per heavy atom. The van der Waals surface area contributed by atoms with E-state index in [1.165, 1.54) is 6.07 Å². The second-order valence-electron chi connectivity index (χ2n) is 6.26. The molecule has 1 saturated heterocycles. The first kappa shape index (κ1) is 17.7. The summed E-state index contributed by atoms with van der Waals surface area (Å²) < 4.78 is 25.9. The fraction of sp³-hybridized carbons (Fsp3) is 0.588. The lowest BCUT2D eigenvalue weighted by molar-refractivity contribution is 0.195. The predicted octanol–water partition coefficient (Wildman–Crippen LogP) is 2.56. The maximum atomic E-state index is 13.1. The number of halogens is 2. The molecule has 2 N–H and O–H groups in total. The van der Waals surface area contributed by atoms with Gasteiger partial charge in [0.25, 0.3) is 0 Å². The number of hydrogen-bond donors (Lipinski definition) is 2. The van der Waals surface area contributed by atoms with Crippen LogP contribution in [0.15, 0.2) is 18.2 Å². The van der Waals surface area contributed by atoms with Gasteiger partial charge < -0.3 is 15.3 Å². The average Bonchev–Trinajstić information content (AvgIpc) is 2.91. The second kappa shape index (κ2) is 8.24. The van der Waals surface area contributed by atoms with E-state index in [0.29, 0.717) is 32.0 Å². The van der Waals surface area contributed by atoms with E-state index in [1.54, 1.807) is 11.0 Å². The largest absolute Gasteiger partial charge is 0.396 e. The third kappa shape index (κ3) is 4.89. The molecule has 4 nitrogen and oxygen atoms in total. The Morgan fingerprint density at radius 1 is 1.30 bits per heavy atom. The van der Waals surface area contributed by atoms with Crippen LogP contribution >= 0.6 is 0 Å². The summed E-state index contributed by atoms with van der Waals surface area (Å²) in [5.74, 6) is -1.17. The van der Waals surface area contributed by atoms with Crippen LogP contribution < -0.4 is 5.32 Å². The topological polar surface area (TPSA) is 52.6 Å². The van der Waals surface area contributed by atoms with Crippen LogP contribution in [0, 0.1) is 23.5 Å². The van der Waals surface area contributed by atoms with Gasteiger partial charge in [-0.1, -0.05) is 13.0 Å². The molecule has 1 fully saturated rings. The van der Waals surface area contributed by atoms with Crippen LogP contribution in [0.3, 0.4) is 0 Å². The molecule has 0 saturated carbocycles. The van der Waals surface area contributed by atoms with Gasteiger partial charge in [0.2, 0.25) is 0 Å². The Labute approximate surface area is 135 Å². The van der Waals surface area contributed by atoms with Crippen LogP contribution in [-0.2, 0) is 6.42 Å². The molecule has 1 aromatic rings. The van der Waals surface area contributed by atoms with E-state index in [1.807, 2.05) is 6.92 Å². The van der Waals surface area contributed by atoms with Gasteiger partial charge in [0.15, 0.2) is 11.6 Å². The van der Waals surface area contributed by atoms with Crippen molar-refractivity contribution in [2.75, 3.05) is 26.2 Å². The summed E-state index contributed by atoms with van der Waals surface area (Å²) in [7, 11) is 0. The van der Waals surface area contributed by atoms with Gasteiger partial charge in [-0.05, 0) is 42.9 Å². The summed E-state index contributed by atoms with van der Waals surface area (Å²) in [5.41, 5.74) is 0.759. The van der Waals surface area contributed by atoms with Gasteiger partial charge in [-0.15, -0.1) is 0 Å². The highest BCUT2D eigenvalue weighted by atomic mass is 19.2. The van der Waals surface area contributed by atoms with E-state index < -0.39 is 11.6 Å². The molecule has 2 rings (SSSR count). The average molecular weight is 326 g/mol. The maximum absolute atomic E-state index is 13.1. The summed E-state index contributed by atoms with van der Waals surface area (Å²) >= 11 is 0. The van der Waals surface area contributed by atoms with Crippen molar-refractivity contribution < 1.29 is 18.7 Å². The Kier molecular flexibility index (Phi) is 6.33. The zero-order valence-electron chi connectivity index (χ0n) is 13.4. The van der Waals surface area contributed by atoms with Crippen LogP contribution in [0.5, 0.6) is 0 Å². The van der Waals surface area contributed by atoms with Crippen molar-refractivity contribution >= 4 is 6.03 Å². The number of nitrogens with zero attached hydrogens (tertiary/aromatic N) is 1. The van der Waals surface area contributed by atoms with E-state index in [-0.39, 0.29) is 18.6 Å². The van der Waals surface area contributed by atoms with Crippen molar-refractivity contribution in [1.29, 1.82) is 0 Å². The number of aliphatic hydroxyl groups is 1. The van der Waals surface area contributed by atoms with Crippen LogP contribution in [0.2, 0.25) is 0 Å². The first-order valence-corrected chi connectivity index (χ1v) is 8.08. The lowest BCUT2D eigenvalue weighted by atomic mass is 10.00. The molecule has 1 aromatic carbocycles. The number of benzene rings is 1. The standard InChI is InChI=1S/C17H24F2N2O2/c1-12-9-21(10-14(12)11-22)17(23)20-7-3-2-4-13-5-6-15(18)16(19)8-13/h5-6,8,12,14,22H,2-4,7,9-11H2,1H3,(H,20,23)/t12-,14+/m1/s1. The molecule has 0 radical (unpaired) electrons. The van der Waals surface area contributed by atoms with Crippen molar-refractivity contribution in [1.82, 2.24) is 10.2 Å². The molecule has 0 spiro atoms. The number of likely N-dealkylation sites (tertiary alicyclic amines) is 1. The smallest absolute Gasteiger partial charge is 0.317 e. The van der Waals surface area contributed by atoms with Crippen LogP contribution in [0.1, 0.15) is 25.3 Å². The van der Waals surface area contributed by atoms with Crippen LogP contribution in [0.25, 0.3) is 0 Å². The van der Waals surface area contributed by atoms with Crippen molar-refractivity contribution in [3.63, 3.8) is 0 Å². The Balaban J connectivity index is 1.63. The van der Waals surface area contributed by atoms with Gasteiger partial charge in [0.05, 0.1) is 0 Å². The fourth-order valence-electron chi connectivity index (χ4n) is 2.89. The van der Waals surface area contributed by atoms with Crippen molar-refractivity contribution in [2.24, 2.45) is 11.8 Å². The number of carbonyl (C=O) groups is 1. The quantitative estimate of drug-likeness (QED) is 0.790. The maximum Gasteiger partial charge on any atom is 0.317 e. The van der Waals surface area contributed by atoms with Gasteiger partial charge in [-0.3, -0.25) is 0 Å². The Bertz CT molecular complexity index is 539. The minimum Gasteiger partial charge on any atom is -0.396 e. The first-order valence-electron chi connectivity index (χ1n) is 8.08. The number of aliphatic hydroxyl groups excluding tert-OH is 1. The molecule has 1 heterocycles. The van der Waals surface area contributed by atoms with E-state index in [9.17, 15) is 18.7 Å². The summed E-state index contributed by atoms with van der Waals surface area (Å²) in [4.78, 5) is 13.7. The summed E-state index contributed by atoms with van der Waals surface area (Å²) in [6.45, 7) is 3.97. The first-order chi connectivity index (χ1) is 11.0. The lowest BCUT2D eigenvalue weighted by Gasteiger charge is -2.17. The number of urea groups is 1. The van der Waals surface area contributed by atoms with E-state index in [0.717, 1.165) is 24.5 Å². The number of aryl methyl sites for hydroxylation is 1. The highest BCUT2D eigenvalue weighted by molar-refractivity contribution is 5.74. The third-order valence-corrected chi connectivity index (χ3v) is 4.44. The van der Waals surface area contributed by atoms with Crippen LogP contribution in [0.4, 0.5) is 13.6 Å². The lowest BCUT2D eigenvalue weighted by Crippen LogP contribution is -2.39. The number of unbranched alkanes of at least 4 members (excludes halogenated alkanes) is 1. The number of nitrogens with one attached hydrogen (secondary N) is 1. The molecule has 0 unspecified atom stereocenters. The number of rotatable bonds is 6. The number of amides is 2. The van der Waals surface area contributed by atoms with Gasteiger partial charge in [0.1, 0.15) is 0 Å². The predicted molar refractivity (Wildman–Crippen MR) is 84.0 cm³/mol. The van der Waals surface area contributed by atoms with Gasteiger partial charge in [-0.25, -0.2) is 13.6 Å². The SMILES string of the molecule is C[C@@H]1CN(C(=O)NCCCCc2ccc(F)c(F)c2)C[C@H]1CO. The summed E-state index contributed by atoms with van der Waals surface area (Å²) in [6, 6.07) is 3.84. The molecule has 0 bridgehead atoms. The van der Waals surface area contributed by atoms with Crippen molar-refractivity contribution in [3.8, 4) is 0 Å². The number of carbonyl (C=O) groups excluding carboxylic acids is 1. The molecule has 1 aliphatic heterocycles. The molecular weight excluding hydrogens is 302 g/mol. The Morgan fingerprint density at radius 3 is 2.74 bits per heavy atom. The van der Waals surface area contributed by atoms with E-state index in [2.05, 4.69) is 5.32 Å². The van der Waals surface area contributed by atoms with E-state index >= 15 is 0 Å². The highest BCUT2D eigenvalue weighted by Gasteiger charge is 2.31.